The number of rotatable bonds is 8. The minimum absolute atomic E-state index is 0.0920. The lowest BCUT2D eigenvalue weighted by atomic mass is 10.1. The number of esters is 1. The fraction of sp³-hybridized carbons (Fsp3) is 0.0455. The Bertz CT molecular complexity index is 1330. The highest BCUT2D eigenvalue weighted by Gasteiger charge is 2.25. The summed E-state index contributed by atoms with van der Waals surface area (Å²) in [5.74, 6) is -3.64. The number of carbonyl (C=O) groups is 3. The number of aromatic carboxylic acids is 1. The molecule has 0 fully saturated rings. The van der Waals surface area contributed by atoms with Crippen LogP contribution in [0.1, 0.15) is 36.6 Å². The molecule has 0 aromatic heterocycles. The van der Waals surface area contributed by atoms with Crippen LogP contribution < -0.4 is 10.1 Å². The normalized spacial score (nSPS) is 10.3. The van der Waals surface area contributed by atoms with Crippen molar-refractivity contribution in [2.75, 3.05) is 0 Å². The summed E-state index contributed by atoms with van der Waals surface area (Å²) in [4.78, 5) is 57.4. The molecule has 3 aromatic rings. The lowest BCUT2D eigenvalue weighted by Crippen LogP contribution is -2.24. The van der Waals surface area contributed by atoms with E-state index in [0.717, 1.165) is 18.2 Å². The van der Waals surface area contributed by atoms with Gasteiger partial charge in [-0.3, -0.25) is 25.0 Å². The average Bonchev–Trinajstić information content (AvgIpc) is 2.83. The third-order valence-electron chi connectivity index (χ3n) is 4.59. The summed E-state index contributed by atoms with van der Waals surface area (Å²) in [6.07, 6.45) is 0. The van der Waals surface area contributed by atoms with E-state index < -0.39 is 55.9 Å². The highest BCUT2D eigenvalue weighted by molar-refractivity contribution is 9.10. The predicted octanol–water partition coefficient (Wildman–Crippen LogP) is 4.11. The first kappa shape index (κ1) is 25.0. The van der Waals surface area contributed by atoms with Crippen LogP contribution in [-0.2, 0) is 6.54 Å². The molecule has 0 aliphatic rings. The van der Waals surface area contributed by atoms with E-state index in [2.05, 4.69) is 21.2 Å². The number of halogens is 1. The number of nitrogens with zero attached hydrogens (tertiary/aromatic N) is 2. The maximum atomic E-state index is 12.8. The zero-order valence-corrected chi connectivity index (χ0v) is 19.1. The summed E-state index contributed by atoms with van der Waals surface area (Å²) in [5, 5.41) is 34.4. The van der Waals surface area contributed by atoms with Gasteiger partial charge in [-0.25, -0.2) is 9.59 Å². The molecule has 178 valence electrons. The predicted molar refractivity (Wildman–Crippen MR) is 123 cm³/mol. The fourth-order valence-corrected chi connectivity index (χ4v) is 3.51. The van der Waals surface area contributed by atoms with Crippen LogP contribution >= 0.6 is 15.9 Å². The number of hydrogen-bond acceptors (Lipinski definition) is 8. The van der Waals surface area contributed by atoms with Crippen molar-refractivity contribution >= 4 is 45.2 Å². The minimum Gasteiger partial charge on any atom is -0.478 e. The van der Waals surface area contributed by atoms with Gasteiger partial charge in [0.15, 0.2) is 5.75 Å². The molecule has 13 heteroatoms. The summed E-state index contributed by atoms with van der Waals surface area (Å²) < 4.78 is 5.56. The number of nitro groups is 2. The largest absolute Gasteiger partial charge is 0.478 e. The summed E-state index contributed by atoms with van der Waals surface area (Å²) in [7, 11) is 0. The maximum Gasteiger partial charge on any atom is 0.344 e. The van der Waals surface area contributed by atoms with Crippen molar-refractivity contribution in [3.8, 4) is 5.75 Å². The van der Waals surface area contributed by atoms with Crippen molar-refractivity contribution in [1.82, 2.24) is 5.32 Å². The average molecular weight is 544 g/mol. The molecular weight excluding hydrogens is 530 g/mol. The van der Waals surface area contributed by atoms with Crippen molar-refractivity contribution < 1.29 is 34.1 Å². The van der Waals surface area contributed by atoms with E-state index in [1.165, 1.54) is 6.07 Å². The highest BCUT2D eigenvalue weighted by atomic mass is 79.9. The Morgan fingerprint density at radius 2 is 1.51 bits per heavy atom. The van der Waals surface area contributed by atoms with Gasteiger partial charge < -0.3 is 15.2 Å². The first-order valence-corrected chi connectivity index (χ1v) is 10.4. The Kier molecular flexibility index (Phi) is 7.51. The SMILES string of the molecule is O=C(NCc1cc(Br)cc(C(=O)O)c1OC(=O)c1cc([N+](=O)[O-])cc([N+](=O)[O-])c1)c1ccccc1. The fourth-order valence-electron chi connectivity index (χ4n) is 3.00. The first-order valence-electron chi connectivity index (χ1n) is 9.62. The van der Waals surface area contributed by atoms with E-state index in [4.69, 9.17) is 4.74 Å². The number of hydrogen-bond donors (Lipinski definition) is 2. The van der Waals surface area contributed by atoms with Gasteiger partial charge in [0, 0.05) is 34.3 Å². The number of carboxylic acid groups (broad SMARTS) is 1. The quantitative estimate of drug-likeness (QED) is 0.183. The number of carboxylic acids is 1. The van der Waals surface area contributed by atoms with Crippen LogP contribution in [0.25, 0.3) is 0 Å². The van der Waals surface area contributed by atoms with Gasteiger partial charge in [0.05, 0.1) is 21.5 Å². The van der Waals surface area contributed by atoms with Crippen LogP contribution in [0.2, 0.25) is 0 Å². The molecular formula is C22H14BrN3O9. The Labute approximate surface area is 204 Å². The molecule has 2 N–H and O–H groups in total. The van der Waals surface area contributed by atoms with Gasteiger partial charge in [0.1, 0.15) is 5.56 Å². The topological polar surface area (TPSA) is 179 Å². The number of nitro benzene ring substituents is 2. The zero-order valence-electron chi connectivity index (χ0n) is 17.5. The lowest BCUT2D eigenvalue weighted by molar-refractivity contribution is -0.394. The second-order valence-corrected chi connectivity index (χ2v) is 7.85. The van der Waals surface area contributed by atoms with Gasteiger partial charge in [0.25, 0.3) is 17.3 Å². The zero-order chi connectivity index (χ0) is 25.7. The van der Waals surface area contributed by atoms with Crippen LogP contribution in [-0.4, -0.2) is 32.8 Å². The van der Waals surface area contributed by atoms with Crippen molar-refractivity contribution in [2.45, 2.75) is 6.54 Å². The highest BCUT2D eigenvalue weighted by Crippen LogP contribution is 2.31. The van der Waals surface area contributed by atoms with Gasteiger partial charge in [-0.15, -0.1) is 0 Å². The molecule has 3 rings (SSSR count). The van der Waals surface area contributed by atoms with Crippen molar-refractivity contribution in [3.63, 3.8) is 0 Å². The van der Waals surface area contributed by atoms with E-state index in [0.29, 0.717) is 16.1 Å². The Hall–Kier alpha value is -4.65. The van der Waals surface area contributed by atoms with Crippen molar-refractivity contribution in [3.05, 3.63) is 108 Å². The molecule has 0 aliphatic heterocycles. The summed E-state index contributed by atoms with van der Waals surface area (Å²) in [6.45, 7) is -0.245. The standard InChI is InChI=1S/C22H14BrN3O9/c23-15-6-14(11-24-20(27)12-4-2-1-3-5-12)19(18(9-15)21(28)29)35-22(30)13-7-16(25(31)32)10-17(8-13)26(33)34/h1-10H,11H2,(H,24,27)(H,28,29). The van der Waals surface area contributed by atoms with Gasteiger partial charge in [-0.1, -0.05) is 34.1 Å². The molecule has 0 aliphatic carbocycles. The van der Waals surface area contributed by atoms with E-state index in [1.807, 2.05) is 0 Å². The molecule has 35 heavy (non-hydrogen) atoms. The second kappa shape index (κ2) is 10.5. The Morgan fingerprint density at radius 1 is 0.914 bits per heavy atom. The van der Waals surface area contributed by atoms with E-state index >= 15 is 0 Å². The number of carbonyl (C=O) groups excluding carboxylic acids is 2. The van der Waals surface area contributed by atoms with Crippen molar-refractivity contribution in [1.29, 1.82) is 0 Å². The van der Waals surface area contributed by atoms with Crippen LogP contribution in [0.15, 0.2) is 65.1 Å². The number of benzene rings is 3. The summed E-state index contributed by atoms with van der Waals surface area (Å²) >= 11 is 3.16. The molecule has 0 saturated heterocycles. The monoisotopic (exact) mass is 543 g/mol. The number of non-ortho nitro benzene ring substituents is 2. The smallest absolute Gasteiger partial charge is 0.344 e. The Morgan fingerprint density at radius 3 is 2.06 bits per heavy atom. The van der Waals surface area contributed by atoms with Gasteiger partial charge in [-0.2, -0.15) is 0 Å². The second-order valence-electron chi connectivity index (χ2n) is 6.94. The van der Waals surface area contributed by atoms with Crippen LogP contribution in [0, 0.1) is 20.2 Å². The summed E-state index contributed by atoms with van der Waals surface area (Å²) in [6, 6.07) is 12.9. The third kappa shape index (κ3) is 6.03. The van der Waals surface area contributed by atoms with Crippen LogP contribution in [0.5, 0.6) is 5.75 Å². The van der Waals surface area contributed by atoms with E-state index in [-0.39, 0.29) is 12.1 Å². The number of ether oxygens (including phenoxy) is 1. The molecule has 0 saturated carbocycles. The molecule has 0 bridgehead atoms. The van der Waals surface area contributed by atoms with Crippen LogP contribution in [0.4, 0.5) is 11.4 Å². The van der Waals surface area contributed by atoms with Gasteiger partial charge in [0.2, 0.25) is 0 Å². The molecule has 3 aromatic carbocycles. The van der Waals surface area contributed by atoms with Gasteiger partial charge in [-0.05, 0) is 24.3 Å². The molecule has 12 nitrogen and oxygen atoms in total. The Balaban J connectivity index is 1.98. The number of nitrogens with one attached hydrogen (secondary N) is 1. The van der Waals surface area contributed by atoms with Crippen LogP contribution in [0.3, 0.4) is 0 Å². The van der Waals surface area contributed by atoms with E-state index in [9.17, 15) is 39.7 Å². The van der Waals surface area contributed by atoms with Crippen molar-refractivity contribution in [2.24, 2.45) is 0 Å². The minimum atomic E-state index is -1.46. The van der Waals surface area contributed by atoms with E-state index in [1.54, 1.807) is 30.3 Å². The molecule has 0 atom stereocenters. The molecule has 1 amide bonds. The number of amides is 1. The third-order valence-corrected chi connectivity index (χ3v) is 5.05. The molecule has 0 spiro atoms. The van der Waals surface area contributed by atoms with Gasteiger partial charge >= 0.3 is 11.9 Å². The molecule has 0 heterocycles. The first-order chi connectivity index (χ1) is 16.6. The lowest BCUT2D eigenvalue weighted by Gasteiger charge is -2.14. The molecule has 0 unspecified atom stereocenters. The maximum absolute atomic E-state index is 12.8. The summed E-state index contributed by atoms with van der Waals surface area (Å²) in [5.41, 5.74) is -2.01. The molecule has 0 radical (unpaired) electrons.